The van der Waals surface area contributed by atoms with Crippen LogP contribution in [0.4, 0.5) is 0 Å². The van der Waals surface area contributed by atoms with Gasteiger partial charge in [0.2, 0.25) is 0 Å². The van der Waals surface area contributed by atoms with Crippen molar-refractivity contribution in [3.63, 3.8) is 0 Å². The van der Waals surface area contributed by atoms with Crippen molar-refractivity contribution >= 4 is 7.12 Å². The highest BCUT2D eigenvalue weighted by Crippen LogP contribution is 2.39. The standard InChI is InChI=1S/C14H27BO2/c1-8-9-12(11(2)3)10-15-16-13(4,5)14(6,7)17-15/h8,11-12H,1,9-10H2,2-7H3. The molecule has 0 aromatic heterocycles. The van der Waals surface area contributed by atoms with E-state index in [1.54, 1.807) is 0 Å². The zero-order valence-corrected chi connectivity index (χ0v) is 12.2. The highest BCUT2D eigenvalue weighted by atomic mass is 16.7. The summed E-state index contributed by atoms with van der Waals surface area (Å²) in [5.74, 6) is 1.22. The molecule has 3 heteroatoms. The van der Waals surface area contributed by atoms with Crippen LogP contribution in [0.15, 0.2) is 12.7 Å². The van der Waals surface area contributed by atoms with E-state index < -0.39 is 0 Å². The highest BCUT2D eigenvalue weighted by molar-refractivity contribution is 6.45. The fourth-order valence-corrected chi connectivity index (χ4v) is 2.16. The molecule has 1 fully saturated rings. The fraction of sp³-hybridized carbons (Fsp3) is 0.857. The van der Waals surface area contributed by atoms with Crippen LogP contribution in [0.25, 0.3) is 0 Å². The molecule has 0 aromatic carbocycles. The molecule has 0 aromatic rings. The molecule has 1 aliphatic heterocycles. The maximum atomic E-state index is 6.03. The summed E-state index contributed by atoms with van der Waals surface area (Å²) >= 11 is 0. The van der Waals surface area contributed by atoms with E-state index in [9.17, 15) is 0 Å². The van der Waals surface area contributed by atoms with Crippen LogP contribution in [0.2, 0.25) is 6.32 Å². The Hall–Kier alpha value is -0.275. The molecule has 1 aliphatic rings. The lowest BCUT2D eigenvalue weighted by atomic mass is 9.72. The molecule has 0 saturated carbocycles. The quantitative estimate of drug-likeness (QED) is 0.533. The summed E-state index contributed by atoms with van der Waals surface area (Å²) in [7, 11) is -0.0765. The molecule has 0 aliphatic carbocycles. The van der Waals surface area contributed by atoms with Gasteiger partial charge in [-0.2, -0.15) is 0 Å². The first kappa shape index (κ1) is 14.8. The predicted octanol–water partition coefficient (Wildman–Crippen LogP) is 3.93. The van der Waals surface area contributed by atoms with E-state index in [0.29, 0.717) is 11.8 Å². The van der Waals surface area contributed by atoms with Gasteiger partial charge >= 0.3 is 7.12 Å². The number of allylic oxidation sites excluding steroid dienone is 1. The predicted molar refractivity (Wildman–Crippen MR) is 74.0 cm³/mol. The van der Waals surface area contributed by atoms with E-state index in [0.717, 1.165) is 12.7 Å². The second-order valence-corrected chi connectivity index (χ2v) is 6.45. The first-order valence-corrected chi connectivity index (χ1v) is 6.66. The van der Waals surface area contributed by atoms with Crippen molar-refractivity contribution in [3.05, 3.63) is 12.7 Å². The number of hydrogen-bond donors (Lipinski definition) is 0. The average molecular weight is 238 g/mol. The minimum Gasteiger partial charge on any atom is -0.403 e. The normalized spacial score (nSPS) is 24.1. The molecule has 0 bridgehead atoms. The summed E-state index contributed by atoms with van der Waals surface area (Å²) in [5.41, 5.74) is -0.430. The van der Waals surface area contributed by atoms with Crippen LogP contribution in [0.3, 0.4) is 0 Å². The molecule has 1 saturated heterocycles. The third kappa shape index (κ3) is 3.35. The smallest absolute Gasteiger partial charge is 0.403 e. The molecular formula is C14H27BO2. The van der Waals surface area contributed by atoms with Crippen LogP contribution in [-0.4, -0.2) is 18.3 Å². The Balaban J connectivity index is 2.62. The third-order valence-electron chi connectivity index (χ3n) is 4.21. The van der Waals surface area contributed by atoms with Crippen LogP contribution in [-0.2, 0) is 9.31 Å². The van der Waals surface area contributed by atoms with Gasteiger partial charge in [0.25, 0.3) is 0 Å². The Morgan fingerprint density at radius 1 is 1.12 bits per heavy atom. The van der Waals surface area contributed by atoms with Crippen molar-refractivity contribution < 1.29 is 9.31 Å². The van der Waals surface area contributed by atoms with Gasteiger partial charge in [-0.3, -0.25) is 0 Å². The lowest BCUT2D eigenvalue weighted by molar-refractivity contribution is 0.00578. The maximum absolute atomic E-state index is 6.03. The summed E-state index contributed by atoms with van der Waals surface area (Å²) in [4.78, 5) is 0. The zero-order valence-electron chi connectivity index (χ0n) is 12.2. The Labute approximate surface area is 107 Å². The van der Waals surface area contributed by atoms with Crippen LogP contribution in [0.5, 0.6) is 0 Å². The zero-order chi connectivity index (χ0) is 13.3. The molecule has 98 valence electrons. The van der Waals surface area contributed by atoms with Crippen molar-refractivity contribution in [1.82, 2.24) is 0 Å². The van der Waals surface area contributed by atoms with Gasteiger partial charge in [0.05, 0.1) is 11.2 Å². The van der Waals surface area contributed by atoms with Gasteiger partial charge in [-0.25, -0.2) is 0 Å². The van der Waals surface area contributed by atoms with E-state index in [4.69, 9.17) is 9.31 Å². The lowest BCUT2D eigenvalue weighted by Crippen LogP contribution is -2.41. The summed E-state index contributed by atoms with van der Waals surface area (Å²) in [6.07, 6.45) is 3.98. The van der Waals surface area contributed by atoms with Gasteiger partial charge in [-0.05, 0) is 52.3 Å². The molecule has 0 amide bonds. The molecule has 1 rings (SSSR count). The second kappa shape index (κ2) is 5.15. The van der Waals surface area contributed by atoms with Crippen molar-refractivity contribution in [2.75, 3.05) is 0 Å². The molecule has 0 spiro atoms. The van der Waals surface area contributed by atoms with Crippen LogP contribution < -0.4 is 0 Å². The largest absolute Gasteiger partial charge is 0.458 e. The topological polar surface area (TPSA) is 18.5 Å². The monoisotopic (exact) mass is 238 g/mol. The minimum atomic E-state index is -0.215. The molecule has 17 heavy (non-hydrogen) atoms. The Morgan fingerprint density at radius 2 is 1.59 bits per heavy atom. The Bertz CT molecular complexity index is 255. The summed E-state index contributed by atoms with van der Waals surface area (Å²) in [6, 6.07) is 0. The van der Waals surface area contributed by atoms with E-state index in [1.165, 1.54) is 0 Å². The molecule has 1 unspecified atom stereocenters. The van der Waals surface area contributed by atoms with Gasteiger partial charge in [0.15, 0.2) is 0 Å². The first-order chi connectivity index (χ1) is 7.69. The van der Waals surface area contributed by atoms with Crippen LogP contribution in [0, 0.1) is 11.8 Å². The number of rotatable bonds is 5. The molecule has 1 heterocycles. The van der Waals surface area contributed by atoms with E-state index in [-0.39, 0.29) is 18.3 Å². The molecule has 1 atom stereocenters. The maximum Gasteiger partial charge on any atom is 0.458 e. The summed E-state index contributed by atoms with van der Waals surface area (Å²) < 4.78 is 12.1. The third-order valence-corrected chi connectivity index (χ3v) is 4.21. The van der Waals surface area contributed by atoms with E-state index in [2.05, 4.69) is 48.1 Å². The minimum absolute atomic E-state index is 0.0765. The van der Waals surface area contributed by atoms with Gasteiger partial charge in [-0.1, -0.05) is 19.9 Å². The second-order valence-electron chi connectivity index (χ2n) is 6.45. The Morgan fingerprint density at radius 3 is 1.94 bits per heavy atom. The van der Waals surface area contributed by atoms with Crippen LogP contribution in [0.1, 0.15) is 48.0 Å². The number of hydrogen-bond acceptors (Lipinski definition) is 2. The fourth-order valence-electron chi connectivity index (χ4n) is 2.16. The molecule has 0 N–H and O–H groups in total. The van der Waals surface area contributed by atoms with Crippen molar-refractivity contribution in [2.45, 2.75) is 65.5 Å². The highest BCUT2D eigenvalue weighted by Gasteiger charge is 2.51. The van der Waals surface area contributed by atoms with Gasteiger partial charge in [0.1, 0.15) is 0 Å². The SMILES string of the molecule is C=CCC(CB1OC(C)(C)C(C)(C)O1)C(C)C. The van der Waals surface area contributed by atoms with Crippen molar-refractivity contribution in [3.8, 4) is 0 Å². The summed E-state index contributed by atoms with van der Waals surface area (Å²) in [6.45, 7) is 16.7. The molecule has 0 radical (unpaired) electrons. The van der Waals surface area contributed by atoms with Gasteiger partial charge in [-0.15, -0.1) is 6.58 Å². The van der Waals surface area contributed by atoms with Gasteiger partial charge < -0.3 is 9.31 Å². The lowest BCUT2D eigenvalue weighted by Gasteiger charge is -2.32. The van der Waals surface area contributed by atoms with E-state index >= 15 is 0 Å². The van der Waals surface area contributed by atoms with Crippen LogP contribution >= 0.6 is 0 Å². The van der Waals surface area contributed by atoms with Gasteiger partial charge in [0, 0.05) is 0 Å². The molecule has 2 nitrogen and oxygen atoms in total. The molecular weight excluding hydrogens is 211 g/mol. The summed E-state index contributed by atoms with van der Waals surface area (Å²) in [5, 5.41) is 0. The first-order valence-electron chi connectivity index (χ1n) is 6.66. The van der Waals surface area contributed by atoms with E-state index in [1.807, 2.05) is 6.08 Å². The van der Waals surface area contributed by atoms with Crippen molar-refractivity contribution in [2.24, 2.45) is 11.8 Å². The Kier molecular flexibility index (Phi) is 4.48. The van der Waals surface area contributed by atoms with Crippen molar-refractivity contribution in [1.29, 1.82) is 0 Å². The average Bonchev–Trinajstić information content (AvgIpc) is 2.34.